The maximum atomic E-state index is 12.1. The Morgan fingerprint density at radius 1 is 1.35 bits per heavy atom. The molecule has 0 aliphatic heterocycles. The molecule has 0 saturated heterocycles. The van der Waals surface area contributed by atoms with Crippen molar-refractivity contribution >= 4 is 45.5 Å². The number of carbonyl (C=O) groups excluding carboxylic acids is 1. The van der Waals surface area contributed by atoms with Gasteiger partial charge >= 0.3 is 0 Å². The number of benzene rings is 1. The number of H-pyrrole nitrogens is 1. The minimum Gasteiger partial charge on any atom is -0.496 e. The highest BCUT2D eigenvalue weighted by molar-refractivity contribution is 9.11. The lowest BCUT2D eigenvalue weighted by atomic mass is 10.2. The molecular weight excluding hydrogens is 416 g/mol. The zero-order valence-corrected chi connectivity index (χ0v) is 16.2. The van der Waals surface area contributed by atoms with Crippen LogP contribution in [0, 0.1) is 0 Å². The summed E-state index contributed by atoms with van der Waals surface area (Å²) < 4.78 is 6.27. The maximum Gasteiger partial charge on any atom is 0.291 e. The van der Waals surface area contributed by atoms with Crippen LogP contribution in [0.4, 0.5) is 0 Å². The van der Waals surface area contributed by atoms with E-state index in [9.17, 15) is 4.79 Å². The van der Waals surface area contributed by atoms with Crippen molar-refractivity contribution in [3.8, 4) is 16.3 Å². The number of methoxy groups -OCH3 is 1. The van der Waals surface area contributed by atoms with E-state index < -0.39 is 0 Å². The second-order valence-corrected chi connectivity index (χ2v) is 7.55. The van der Waals surface area contributed by atoms with Crippen molar-refractivity contribution in [3.05, 3.63) is 63.6 Å². The van der Waals surface area contributed by atoms with Gasteiger partial charge in [-0.2, -0.15) is 10.2 Å². The van der Waals surface area contributed by atoms with Crippen LogP contribution >= 0.6 is 27.3 Å². The van der Waals surface area contributed by atoms with Gasteiger partial charge in [0.2, 0.25) is 0 Å². The Morgan fingerprint density at radius 3 is 2.96 bits per heavy atom. The van der Waals surface area contributed by atoms with Crippen molar-refractivity contribution in [3.63, 3.8) is 0 Å². The summed E-state index contributed by atoms with van der Waals surface area (Å²) in [5.41, 5.74) is 4.42. The van der Waals surface area contributed by atoms with E-state index in [1.165, 1.54) is 6.21 Å². The number of aromatic amines is 1. The van der Waals surface area contributed by atoms with Crippen molar-refractivity contribution in [2.75, 3.05) is 7.11 Å². The van der Waals surface area contributed by atoms with Crippen LogP contribution in [0.15, 0.2) is 57.4 Å². The molecule has 3 aromatic rings. The molecule has 0 saturated carbocycles. The number of aromatic nitrogens is 2. The lowest BCUT2D eigenvalue weighted by Gasteiger charge is -2.02. The molecule has 8 heteroatoms. The summed E-state index contributed by atoms with van der Waals surface area (Å²) in [6.45, 7) is 0. The highest BCUT2D eigenvalue weighted by Gasteiger charge is 2.11. The Hall–Kier alpha value is -2.71. The zero-order chi connectivity index (χ0) is 18.4. The van der Waals surface area contributed by atoms with Gasteiger partial charge in [-0.05, 0) is 52.3 Å². The number of thiophene rings is 1. The third-order valence-corrected chi connectivity index (χ3v) is 5.05. The summed E-state index contributed by atoms with van der Waals surface area (Å²) in [4.78, 5) is 13.1. The maximum absolute atomic E-state index is 12.1. The standard InChI is InChI=1S/C18H15BrN4O2S/c1-25-15-7-3-2-5-12(15)6-4-10-20-23-18(24)14-11-13(21-22-14)16-8-9-17(19)26-16/h2-11H,1H3,(H,21,22)(H,23,24). The highest BCUT2D eigenvalue weighted by Crippen LogP contribution is 2.30. The molecule has 0 spiro atoms. The topological polar surface area (TPSA) is 79.4 Å². The number of allylic oxidation sites excluding steroid dienone is 1. The van der Waals surface area contributed by atoms with Crippen molar-refractivity contribution in [1.82, 2.24) is 15.6 Å². The van der Waals surface area contributed by atoms with Crippen molar-refractivity contribution < 1.29 is 9.53 Å². The molecule has 132 valence electrons. The van der Waals surface area contributed by atoms with Crippen LogP contribution in [0.2, 0.25) is 0 Å². The summed E-state index contributed by atoms with van der Waals surface area (Å²) in [5.74, 6) is 0.385. The Kier molecular flexibility index (Phi) is 5.98. The van der Waals surface area contributed by atoms with Crippen molar-refractivity contribution in [2.45, 2.75) is 0 Å². The average molecular weight is 431 g/mol. The van der Waals surface area contributed by atoms with Gasteiger partial charge in [0.15, 0.2) is 5.69 Å². The first kappa shape index (κ1) is 18.1. The molecule has 6 nitrogen and oxygen atoms in total. The molecule has 0 unspecified atom stereocenters. The lowest BCUT2D eigenvalue weighted by Crippen LogP contribution is -2.17. The molecule has 3 rings (SSSR count). The fourth-order valence-electron chi connectivity index (χ4n) is 2.17. The number of ether oxygens (including phenoxy) is 1. The van der Waals surface area contributed by atoms with Crippen LogP contribution < -0.4 is 10.2 Å². The van der Waals surface area contributed by atoms with Gasteiger partial charge in [0.1, 0.15) is 5.75 Å². The molecule has 0 radical (unpaired) electrons. The number of para-hydroxylation sites is 1. The Morgan fingerprint density at radius 2 is 2.19 bits per heavy atom. The molecule has 2 heterocycles. The Bertz CT molecular complexity index is 962. The van der Waals surface area contributed by atoms with Crippen LogP contribution in [-0.4, -0.2) is 29.4 Å². The van der Waals surface area contributed by atoms with Gasteiger partial charge in [0, 0.05) is 11.8 Å². The molecule has 1 aromatic carbocycles. The second-order valence-electron chi connectivity index (χ2n) is 5.09. The van der Waals surface area contributed by atoms with E-state index in [4.69, 9.17) is 4.74 Å². The van der Waals surface area contributed by atoms with Gasteiger partial charge in [0.25, 0.3) is 5.91 Å². The van der Waals surface area contributed by atoms with Gasteiger partial charge in [0.05, 0.1) is 21.5 Å². The number of hydrogen-bond donors (Lipinski definition) is 2. The van der Waals surface area contributed by atoms with E-state index in [0.717, 1.165) is 25.7 Å². The largest absolute Gasteiger partial charge is 0.496 e. The molecule has 0 atom stereocenters. The normalized spacial score (nSPS) is 11.3. The third-order valence-electron chi connectivity index (χ3n) is 3.39. The zero-order valence-electron chi connectivity index (χ0n) is 13.8. The smallest absolute Gasteiger partial charge is 0.291 e. The van der Waals surface area contributed by atoms with Crippen molar-refractivity contribution in [1.29, 1.82) is 0 Å². The fraction of sp³-hybridized carbons (Fsp3) is 0.0556. The monoisotopic (exact) mass is 430 g/mol. The lowest BCUT2D eigenvalue weighted by molar-refractivity contribution is 0.0950. The SMILES string of the molecule is COc1ccccc1C=CC=NNC(=O)c1cc(-c2ccc(Br)s2)[nH]n1. The number of hydrogen-bond acceptors (Lipinski definition) is 5. The first-order valence-electron chi connectivity index (χ1n) is 7.61. The number of amides is 1. The molecule has 1 amide bonds. The van der Waals surface area contributed by atoms with Crippen LogP contribution in [0.3, 0.4) is 0 Å². The number of nitrogens with one attached hydrogen (secondary N) is 2. The number of nitrogens with zero attached hydrogens (tertiary/aromatic N) is 2. The Balaban J connectivity index is 1.58. The van der Waals surface area contributed by atoms with Gasteiger partial charge in [-0.3, -0.25) is 9.89 Å². The van der Waals surface area contributed by atoms with Gasteiger partial charge in [-0.25, -0.2) is 5.43 Å². The predicted molar refractivity (Wildman–Crippen MR) is 108 cm³/mol. The second kappa shape index (κ2) is 8.59. The number of carbonyl (C=O) groups is 1. The fourth-order valence-corrected chi connectivity index (χ4v) is 3.52. The third kappa shape index (κ3) is 4.47. The summed E-state index contributed by atoms with van der Waals surface area (Å²) in [6.07, 6.45) is 5.06. The van der Waals surface area contributed by atoms with Crippen LogP contribution in [0.1, 0.15) is 16.1 Å². The van der Waals surface area contributed by atoms with E-state index in [1.54, 1.807) is 30.6 Å². The van der Waals surface area contributed by atoms with E-state index >= 15 is 0 Å². The average Bonchev–Trinajstić information content (AvgIpc) is 3.30. The first-order valence-corrected chi connectivity index (χ1v) is 9.22. The van der Waals surface area contributed by atoms with Crippen molar-refractivity contribution in [2.24, 2.45) is 5.10 Å². The highest BCUT2D eigenvalue weighted by atomic mass is 79.9. The van der Waals surface area contributed by atoms with Gasteiger partial charge < -0.3 is 4.74 Å². The van der Waals surface area contributed by atoms with E-state index in [-0.39, 0.29) is 11.6 Å². The summed E-state index contributed by atoms with van der Waals surface area (Å²) >= 11 is 4.97. The predicted octanol–water partition coefficient (Wildman–Crippen LogP) is 4.34. The number of hydrazone groups is 1. The molecule has 26 heavy (non-hydrogen) atoms. The van der Waals surface area contributed by atoms with Gasteiger partial charge in [-0.1, -0.05) is 18.2 Å². The van der Waals surface area contributed by atoms with Crippen LogP contribution in [0.25, 0.3) is 16.6 Å². The van der Waals surface area contributed by atoms with Gasteiger partial charge in [-0.15, -0.1) is 11.3 Å². The summed E-state index contributed by atoms with van der Waals surface area (Å²) in [5, 5.41) is 10.8. The van der Waals surface area contributed by atoms with E-state index in [1.807, 2.05) is 42.5 Å². The molecular formula is C18H15BrN4O2S. The first-order chi connectivity index (χ1) is 12.7. The molecule has 2 aromatic heterocycles. The van der Waals surface area contributed by atoms with Crippen LogP contribution in [0.5, 0.6) is 5.75 Å². The molecule has 0 aliphatic rings. The molecule has 0 fully saturated rings. The quantitative estimate of drug-likeness (QED) is 0.450. The molecule has 0 aliphatic carbocycles. The minimum absolute atomic E-state index is 0.274. The summed E-state index contributed by atoms with van der Waals surface area (Å²) in [7, 11) is 1.62. The van der Waals surface area contributed by atoms with E-state index in [0.29, 0.717) is 0 Å². The minimum atomic E-state index is -0.384. The van der Waals surface area contributed by atoms with Crippen LogP contribution in [-0.2, 0) is 0 Å². The summed E-state index contributed by atoms with van der Waals surface area (Å²) in [6, 6.07) is 13.2. The van der Waals surface area contributed by atoms with E-state index in [2.05, 4.69) is 36.7 Å². The number of rotatable bonds is 6. The number of halogens is 1. The molecule has 0 bridgehead atoms. The Labute approximate surface area is 162 Å². The molecule has 2 N–H and O–H groups in total.